The van der Waals surface area contributed by atoms with E-state index >= 15 is 0 Å². The Morgan fingerprint density at radius 3 is 2.48 bits per heavy atom. The van der Waals surface area contributed by atoms with Crippen LogP contribution < -0.4 is 5.32 Å². The van der Waals surface area contributed by atoms with Crippen LogP contribution >= 0.6 is 0 Å². The van der Waals surface area contributed by atoms with E-state index in [0.717, 1.165) is 42.6 Å². The van der Waals surface area contributed by atoms with Gasteiger partial charge < -0.3 is 10.2 Å². The zero-order valence-electron chi connectivity index (χ0n) is 14.0. The molecule has 1 heterocycles. The smallest absolute Gasteiger partial charge is 0.254 e. The molecule has 2 aliphatic rings. The van der Waals surface area contributed by atoms with Gasteiger partial charge >= 0.3 is 0 Å². The summed E-state index contributed by atoms with van der Waals surface area (Å²) in [5.41, 5.74) is 3.00. The molecule has 1 aromatic rings. The first-order chi connectivity index (χ1) is 11.0. The van der Waals surface area contributed by atoms with Gasteiger partial charge in [0.15, 0.2) is 0 Å². The Morgan fingerprint density at radius 2 is 1.83 bits per heavy atom. The molecule has 1 aromatic carbocycles. The van der Waals surface area contributed by atoms with Crippen LogP contribution in [0.25, 0.3) is 0 Å². The number of amides is 2. The molecule has 0 bridgehead atoms. The van der Waals surface area contributed by atoms with Crippen molar-refractivity contribution in [3.05, 3.63) is 34.9 Å². The summed E-state index contributed by atoms with van der Waals surface area (Å²) in [5.74, 6) is 0.218. The highest BCUT2D eigenvalue weighted by atomic mass is 16.2. The quantitative estimate of drug-likeness (QED) is 0.912. The second kappa shape index (κ2) is 6.71. The lowest BCUT2D eigenvalue weighted by atomic mass is 10.0. The molecule has 2 fully saturated rings. The van der Waals surface area contributed by atoms with Crippen LogP contribution in [-0.4, -0.2) is 60.4 Å². The third-order valence-corrected chi connectivity index (χ3v) is 4.80. The van der Waals surface area contributed by atoms with Crippen molar-refractivity contribution in [1.82, 2.24) is 15.1 Å². The molecular formula is C18H25N3O2. The van der Waals surface area contributed by atoms with Crippen LogP contribution in [0.2, 0.25) is 0 Å². The van der Waals surface area contributed by atoms with Gasteiger partial charge in [-0.3, -0.25) is 14.5 Å². The van der Waals surface area contributed by atoms with E-state index < -0.39 is 0 Å². The number of nitrogens with zero attached hydrogens (tertiary/aromatic N) is 2. The van der Waals surface area contributed by atoms with Crippen molar-refractivity contribution < 1.29 is 9.59 Å². The van der Waals surface area contributed by atoms with Gasteiger partial charge in [0, 0.05) is 37.8 Å². The fourth-order valence-corrected chi connectivity index (χ4v) is 2.97. The molecule has 23 heavy (non-hydrogen) atoms. The minimum Gasteiger partial charge on any atom is -0.352 e. The van der Waals surface area contributed by atoms with Crippen LogP contribution in [0.15, 0.2) is 18.2 Å². The first-order valence-corrected chi connectivity index (χ1v) is 8.42. The summed E-state index contributed by atoms with van der Waals surface area (Å²) in [4.78, 5) is 28.6. The van der Waals surface area contributed by atoms with E-state index in [9.17, 15) is 9.59 Å². The van der Waals surface area contributed by atoms with E-state index in [2.05, 4.69) is 10.2 Å². The summed E-state index contributed by atoms with van der Waals surface area (Å²) in [6.45, 7) is 7.36. The third-order valence-electron chi connectivity index (χ3n) is 4.80. The summed E-state index contributed by atoms with van der Waals surface area (Å²) in [5, 5.41) is 3.01. The van der Waals surface area contributed by atoms with Crippen molar-refractivity contribution >= 4 is 11.8 Å². The number of aryl methyl sites for hydroxylation is 1. The highest BCUT2D eigenvalue weighted by Crippen LogP contribution is 2.19. The van der Waals surface area contributed by atoms with Gasteiger partial charge in [0.1, 0.15) is 0 Å². The van der Waals surface area contributed by atoms with E-state index in [1.54, 1.807) is 0 Å². The van der Waals surface area contributed by atoms with Gasteiger partial charge in [0.2, 0.25) is 5.91 Å². The average Bonchev–Trinajstić information content (AvgIpc) is 3.34. The Kier molecular flexibility index (Phi) is 4.66. The van der Waals surface area contributed by atoms with Crippen molar-refractivity contribution in [2.45, 2.75) is 32.7 Å². The largest absolute Gasteiger partial charge is 0.352 e. The molecule has 1 saturated heterocycles. The average molecular weight is 315 g/mol. The Bertz CT molecular complexity index is 602. The summed E-state index contributed by atoms with van der Waals surface area (Å²) >= 11 is 0. The zero-order valence-corrected chi connectivity index (χ0v) is 14.0. The Morgan fingerprint density at radius 1 is 1.13 bits per heavy atom. The summed E-state index contributed by atoms with van der Waals surface area (Å²) < 4.78 is 0. The molecule has 0 spiro atoms. The fourth-order valence-electron chi connectivity index (χ4n) is 2.97. The number of rotatable bonds is 4. The lowest BCUT2D eigenvalue weighted by Crippen LogP contribution is -2.51. The minimum absolute atomic E-state index is 0.105. The van der Waals surface area contributed by atoms with Crippen molar-refractivity contribution in [3.63, 3.8) is 0 Å². The maximum Gasteiger partial charge on any atom is 0.254 e. The van der Waals surface area contributed by atoms with Crippen LogP contribution in [0.4, 0.5) is 0 Å². The Hall–Kier alpha value is -1.88. The molecular weight excluding hydrogens is 290 g/mol. The van der Waals surface area contributed by atoms with Gasteiger partial charge in [0.25, 0.3) is 5.91 Å². The SMILES string of the molecule is Cc1cccc(C(=O)N2CCN(CC(=O)NC3CC3)CC2)c1C. The standard InChI is InChI=1S/C18H25N3O2/c1-13-4-3-5-16(14(13)2)18(23)21-10-8-20(9-11-21)12-17(22)19-15-6-7-15/h3-5,15H,6-12H2,1-2H3,(H,19,22). The van der Waals surface area contributed by atoms with Gasteiger partial charge in [-0.2, -0.15) is 0 Å². The van der Waals surface area contributed by atoms with E-state index in [0.29, 0.717) is 25.7 Å². The number of piperazine rings is 1. The molecule has 124 valence electrons. The second-order valence-electron chi connectivity index (χ2n) is 6.66. The molecule has 2 amide bonds. The van der Waals surface area contributed by atoms with Gasteiger partial charge in [-0.15, -0.1) is 0 Å². The second-order valence-corrected chi connectivity index (χ2v) is 6.66. The lowest BCUT2D eigenvalue weighted by molar-refractivity contribution is -0.122. The van der Waals surface area contributed by atoms with Crippen molar-refractivity contribution in [2.75, 3.05) is 32.7 Å². The third kappa shape index (κ3) is 3.91. The first-order valence-electron chi connectivity index (χ1n) is 8.42. The fraction of sp³-hybridized carbons (Fsp3) is 0.556. The van der Waals surface area contributed by atoms with Crippen LogP contribution in [0.5, 0.6) is 0 Å². The van der Waals surface area contributed by atoms with Crippen LogP contribution in [0.1, 0.15) is 34.3 Å². The lowest BCUT2D eigenvalue weighted by Gasteiger charge is -2.34. The van der Waals surface area contributed by atoms with Crippen LogP contribution in [-0.2, 0) is 4.79 Å². The highest BCUT2D eigenvalue weighted by Gasteiger charge is 2.27. The monoisotopic (exact) mass is 315 g/mol. The van der Waals surface area contributed by atoms with Crippen LogP contribution in [0.3, 0.4) is 0 Å². The molecule has 0 radical (unpaired) electrons. The van der Waals surface area contributed by atoms with Crippen molar-refractivity contribution in [1.29, 1.82) is 0 Å². The summed E-state index contributed by atoms with van der Waals surface area (Å²) in [6.07, 6.45) is 2.23. The minimum atomic E-state index is 0.105. The first kappa shape index (κ1) is 16.0. The topological polar surface area (TPSA) is 52.7 Å². The highest BCUT2D eigenvalue weighted by molar-refractivity contribution is 5.96. The van der Waals surface area contributed by atoms with E-state index in [1.807, 2.05) is 36.9 Å². The number of nitrogens with one attached hydrogen (secondary N) is 1. The van der Waals surface area contributed by atoms with E-state index in [1.165, 1.54) is 0 Å². The van der Waals surface area contributed by atoms with Gasteiger partial charge in [-0.05, 0) is 43.9 Å². The van der Waals surface area contributed by atoms with Crippen LogP contribution in [0, 0.1) is 13.8 Å². The van der Waals surface area contributed by atoms with Crippen molar-refractivity contribution in [3.8, 4) is 0 Å². The number of hydrogen-bond acceptors (Lipinski definition) is 3. The molecule has 0 unspecified atom stereocenters. The molecule has 5 heteroatoms. The molecule has 1 aliphatic heterocycles. The number of benzene rings is 1. The Balaban J connectivity index is 1.52. The maximum atomic E-state index is 12.7. The number of hydrogen-bond donors (Lipinski definition) is 1. The Labute approximate surface area is 137 Å². The summed E-state index contributed by atoms with van der Waals surface area (Å²) in [7, 11) is 0. The van der Waals surface area contributed by atoms with Gasteiger partial charge in [0.05, 0.1) is 6.54 Å². The molecule has 1 aliphatic carbocycles. The molecule has 1 N–H and O–H groups in total. The zero-order chi connectivity index (χ0) is 16.4. The molecule has 0 atom stereocenters. The number of carbonyl (C=O) groups is 2. The number of carbonyl (C=O) groups excluding carboxylic acids is 2. The van der Waals surface area contributed by atoms with E-state index in [4.69, 9.17) is 0 Å². The van der Waals surface area contributed by atoms with E-state index in [-0.39, 0.29) is 11.8 Å². The molecule has 1 saturated carbocycles. The normalized spacial score (nSPS) is 18.8. The molecule has 5 nitrogen and oxygen atoms in total. The maximum absolute atomic E-state index is 12.7. The van der Waals surface area contributed by atoms with Gasteiger partial charge in [-0.1, -0.05) is 12.1 Å². The predicted octanol–water partition coefficient (Wildman–Crippen LogP) is 1.34. The van der Waals surface area contributed by atoms with Crippen molar-refractivity contribution in [2.24, 2.45) is 0 Å². The predicted molar refractivity (Wildman–Crippen MR) is 89.4 cm³/mol. The molecule has 3 rings (SSSR count). The molecule has 0 aromatic heterocycles. The summed E-state index contributed by atoms with van der Waals surface area (Å²) in [6, 6.07) is 6.28. The van der Waals surface area contributed by atoms with Gasteiger partial charge in [-0.25, -0.2) is 0 Å².